The Labute approximate surface area is 130 Å². The highest BCUT2D eigenvalue weighted by molar-refractivity contribution is 6.31. The standard InChI is InChI=1S/C17H20ClNO2/c1-4-21-16-10-5-7-13(17(16)20-3)11-19-15-9-6-8-14(18)12(15)2/h5-10,19H,4,11H2,1-3H3. The van der Waals surface area contributed by atoms with Crippen LogP contribution in [-0.4, -0.2) is 13.7 Å². The second-order valence-corrected chi connectivity index (χ2v) is 5.05. The number of benzene rings is 2. The molecule has 2 rings (SSSR count). The predicted molar refractivity (Wildman–Crippen MR) is 87.7 cm³/mol. The smallest absolute Gasteiger partial charge is 0.165 e. The summed E-state index contributed by atoms with van der Waals surface area (Å²) in [5.41, 5.74) is 3.10. The lowest BCUT2D eigenvalue weighted by Crippen LogP contribution is -2.04. The van der Waals surface area contributed by atoms with Gasteiger partial charge in [0.2, 0.25) is 0 Å². The molecule has 0 amide bonds. The van der Waals surface area contributed by atoms with Crippen molar-refractivity contribution >= 4 is 17.3 Å². The van der Waals surface area contributed by atoms with E-state index in [0.717, 1.165) is 33.3 Å². The molecule has 3 nitrogen and oxygen atoms in total. The van der Waals surface area contributed by atoms with Crippen molar-refractivity contribution in [3.63, 3.8) is 0 Å². The quantitative estimate of drug-likeness (QED) is 0.841. The number of para-hydroxylation sites is 1. The summed E-state index contributed by atoms with van der Waals surface area (Å²) in [7, 11) is 1.66. The molecule has 0 atom stereocenters. The van der Waals surface area contributed by atoms with Crippen LogP contribution in [0.15, 0.2) is 36.4 Å². The molecule has 2 aromatic rings. The highest BCUT2D eigenvalue weighted by Crippen LogP contribution is 2.32. The molecule has 0 saturated heterocycles. The van der Waals surface area contributed by atoms with Gasteiger partial charge in [0.25, 0.3) is 0 Å². The van der Waals surface area contributed by atoms with Crippen LogP contribution in [0.25, 0.3) is 0 Å². The van der Waals surface area contributed by atoms with Crippen LogP contribution >= 0.6 is 11.6 Å². The van der Waals surface area contributed by atoms with E-state index < -0.39 is 0 Å². The van der Waals surface area contributed by atoms with Crippen molar-refractivity contribution in [1.82, 2.24) is 0 Å². The zero-order valence-corrected chi connectivity index (χ0v) is 13.3. The number of hydrogen-bond acceptors (Lipinski definition) is 3. The first-order chi connectivity index (χ1) is 10.2. The van der Waals surface area contributed by atoms with Crippen molar-refractivity contribution in [2.45, 2.75) is 20.4 Å². The van der Waals surface area contributed by atoms with Crippen molar-refractivity contribution in [1.29, 1.82) is 0 Å². The first kappa shape index (κ1) is 15.5. The number of ether oxygens (including phenoxy) is 2. The van der Waals surface area contributed by atoms with E-state index >= 15 is 0 Å². The lowest BCUT2D eigenvalue weighted by Gasteiger charge is -2.15. The van der Waals surface area contributed by atoms with E-state index in [2.05, 4.69) is 5.32 Å². The van der Waals surface area contributed by atoms with E-state index in [1.165, 1.54) is 0 Å². The van der Waals surface area contributed by atoms with Gasteiger partial charge in [-0.2, -0.15) is 0 Å². The third kappa shape index (κ3) is 3.61. The fraction of sp³-hybridized carbons (Fsp3) is 0.294. The van der Waals surface area contributed by atoms with Gasteiger partial charge in [-0.3, -0.25) is 0 Å². The third-order valence-electron chi connectivity index (χ3n) is 3.30. The maximum Gasteiger partial charge on any atom is 0.165 e. The molecule has 0 saturated carbocycles. The molecule has 0 aromatic heterocycles. The van der Waals surface area contributed by atoms with Crippen LogP contribution in [0.5, 0.6) is 11.5 Å². The van der Waals surface area contributed by atoms with Gasteiger partial charge in [0, 0.05) is 22.8 Å². The maximum absolute atomic E-state index is 6.14. The predicted octanol–water partition coefficient (Wildman–Crippen LogP) is 4.67. The molecule has 0 heterocycles. The molecule has 0 unspecified atom stereocenters. The lowest BCUT2D eigenvalue weighted by molar-refractivity contribution is 0.309. The molecular formula is C17H20ClNO2. The minimum atomic E-state index is 0.612. The SMILES string of the molecule is CCOc1cccc(CNc2cccc(Cl)c2C)c1OC. The highest BCUT2D eigenvalue weighted by Gasteiger charge is 2.10. The van der Waals surface area contributed by atoms with Gasteiger partial charge >= 0.3 is 0 Å². The van der Waals surface area contributed by atoms with Crippen LogP contribution < -0.4 is 14.8 Å². The van der Waals surface area contributed by atoms with Gasteiger partial charge in [-0.1, -0.05) is 29.8 Å². The van der Waals surface area contributed by atoms with Crippen LogP contribution in [-0.2, 0) is 6.54 Å². The molecule has 0 aliphatic heterocycles. The monoisotopic (exact) mass is 305 g/mol. The van der Waals surface area contributed by atoms with Crippen molar-refractivity contribution < 1.29 is 9.47 Å². The molecule has 1 N–H and O–H groups in total. The Morgan fingerprint density at radius 1 is 1.14 bits per heavy atom. The number of halogens is 1. The fourth-order valence-electron chi connectivity index (χ4n) is 2.19. The minimum absolute atomic E-state index is 0.612. The molecule has 0 fully saturated rings. The summed E-state index contributed by atoms with van der Waals surface area (Å²) in [5.74, 6) is 1.54. The Kier molecular flexibility index (Phi) is 5.34. The highest BCUT2D eigenvalue weighted by atomic mass is 35.5. The van der Waals surface area contributed by atoms with Gasteiger partial charge in [-0.15, -0.1) is 0 Å². The number of rotatable bonds is 6. The molecule has 0 aliphatic rings. The molecule has 0 aliphatic carbocycles. The summed E-state index contributed by atoms with van der Waals surface area (Å²) in [6, 6.07) is 11.7. The van der Waals surface area contributed by atoms with Crippen molar-refractivity contribution in [2.24, 2.45) is 0 Å². The number of anilines is 1. The molecule has 21 heavy (non-hydrogen) atoms. The Bertz CT molecular complexity index is 614. The summed E-state index contributed by atoms with van der Waals surface area (Å²) in [6.45, 7) is 5.21. The Morgan fingerprint density at radius 2 is 1.90 bits per heavy atom. The Balaban J connectivity index is 2.20. The van der Waals surface area contributed by atoms with Gasteiger partial charge in [-0.05, 0) is 37.6 Å². The zero-order valence-electron chi connectivity index (χ0n) is 12.6. The molecule has 112 valence electrons. The topological polar surface area (TPSA) is 30.5 Å². The minimum Gasteiger partial charge on any atom is -0.493 e. The summed E-state index contributed by atoms with van der Waals surface area (Å²) < 4.78 is 11.1. The van der Waals surface area contributed by atoms with Crippen LogP contribution in [0, 0.1) is 6.92 Å². The first-order valence-electron chi connectivity index (χ1n) is 6.95. The summed E-state index contributed by atoms with van der Waals surface area (Å²) in [5, 5.41) is 4.15. The van der Waals surface area contributed by atoms with Gasteiger partial charge in [0.1, 0.15) is 0 Å². The number of methoxy groups -OCH3 is 1. The molecule has 0 bridgehead atoms. The van der Waals surface area contributed by atoms with E-state index in [9.17, 15) is 0 Å². The van der Waals surface area contributed by atoms with Gasteiger partial charge < -0.3 is 14.8 Å². The second-order valence-electron chi connectivity index (χ2n) is 4.65. The Morgan fingerprint density at radius 3 is 2.62 bits per heavy atom. The fourth-order valence-corrected chi connectivity index (χ4v) is 2.37. The van der Waals surface area contributed by atoms with E-state index in [1.54, 1.807) is 7.11 Å². The molecular weight excluding hydrogens is 286 g/mol. The number of hydrogen-bond donors (Lipinski definition) is 1. The molecule has 0 radical (unpaired) electrons. The zero-order chi connectivity index (χ0) is 15.2. The second kappa shape index (κ2) is 7.23. The van der Waals surface area contributed by atoms with E-state index in [4.69, 9.17) is 21.1 Å². The van der Waals surface area contributed by atoms with Crippen molar-refractivity contribution in [3.05, 3.63) is 52.5 Å². The van der Waals surface area contributed by atoms with Crippen LogP contribution in [0.3, 0.4) is 0 Å². The average Bonchev–Trinajstić information content (AvgIpc) is 2.49. The largest absolute Gasteiger partial charge is 0.493 e. The van der Waals surface area contributed by atoms with Crippen molar-refractivity contribution in [3.8, 4) is 11.5 Å². The van der Waals surface area contributed by atoms with E-state index in [0.29, 0.717) is 13.2 Å². The Hall–Kier alpha value is -1.87. The molecule has 0 spiro atoms. The third-order valence-corrected chi connectivity index (χ3v) is 3.71. The summed E-state index contributed by atoms with van der Waals surface area (Å²) in [4.78, 5) is 0. The van der Waals surface area contributed by atoms with Gasteiger partial charge in [0.15, 0.2) is 11.5 Å². The maximum atomic E-state index is 6.14. The van der Waals surface area contributed by atoms with Crippen LogP contribution in [0.2, 0.25) is 5.02 Å². The number of nitrogens with one attached hydrogen (secondary N) is 1. The average molecular weight is 306 g/mol. The molecule has 2 aromatic carbocycles. The van der Waals surface area contributed by atoms with Crippen LogP contribution in [0.4, 0.5) is 5.69 Å². The van der Waals surface area contributed by atoms with Gasteiger partial charge in [-0.25, -0.2) is 0 Å². The molecule has 4 heteroatoms. The van der Waals surface area contributed by atoms with E-state index in [1.807, 2.05) is 50.2 Å². The summed E-state index contributed by atoms with van der Waals surface area (Å²) >= 11 is 6.14. The van der Waals surface area contributed by atoms with Gasteiger partial charge in [0.05, 0.1) is 13.7 Å². The summed E-state index contributed by atoms with van der Waals surface area (Å²) in [6.07, 6.45) is 0. The normalized spacial score (nSPS) is 10.3. The van der Waals surface area contributed by atoms with Crippen LogP contribution in [0.1, 0.15) is 18.1 Å². The first-order valence-corrected chi connectivity index (χ1v) is 7.32. The lowest BCUT2D eigenvalue weighted by atomic mass is 10.1. The van der Waals surface area contributed by atoms with Crippen molar-refractivity contribution in [2.75, 3.05) is 19.0 Å². The van der Waals surface area contributed by atoms with E-state index in [-0.39, 0.29) is 0 Å².